The highest BCUT2D eigenvalue weighted by Gasteiger charge is 2.13. The third-order valence-corrected chi connectivity index (χ3v) is 3.97. The zero-order valence-electron chi connectivity index (χ0n) is 11.9. The SMILES string of the molecule is NC(=NCCN1CCCOCC1)NC1CCCCC1. The minimum atomic E-state index is 0.545. The molecule has 0 aromatic rings. The first-order valence-electron chi connectivity index (χ1n) is 7.71. The van der Waals surface area contributed by atoms with Crippen LogP contribution in [0.2, 0.25) is 0 Å². The lowest BCUT2D eigenvalue weighted by atomic mass is 9.96. The maximum Gasteiger partial charge on any atom is 0.188 e. The van der Waals surface area contributed by atoms with Crippen molar-refractivity contribution < 1.29 is 4.74 Å². The monoisotopic (exact) mass is 268 g/mol. The summed E-state index contributed by atoms with van der Waals surface area (Å²) in [5, 5.41) is 3.35. The van der Waals surface area contributed by atoms with Gasteiger partial charge in [0.05, 0.1) is 13.2 Å². The van der Waals surface area contributed by atoms with Crippen LogP contribution in [0.5, 0.6) is 0 Å². The van der Waals surface area contributed by atoms with Crippen molar-refractivity contribution in [2.75, 3.05) is 39.4 Å². The molecule has 3 N–H and O–H groups in total. The summed E-state index contributed by atoms with van der Waals surface area (Å²) in [6, 6.07) is 0.545. The van der Waals surface area contributed by atoms with Crippen LogP contribution in [-0.2, 0) is 4.74 Å². The van der Waals surface area contributed by atoms with E-state index in [9.17, 15) is 0 Å². The minimum absolute atomic E-state index is 0.545. The summed E-state index contributed by atoms with van der Waals surface area (Å²) in [4.78, 5) is 6.85. The second-order valence-corrected chi connectivity index (χ2v) is 5.55. The number of aliphatic imine (C=N–C) groups is 1. The van der Waals surface area contributed by atoms with Crippen LogP contribution in [-0.4, -0.2) is 56.3 Å². The predicted molar refractivity (Wildman–Crippen MR) is 78.4 cm³/mol. The molecule has 0 aromatic heterocycles. The Labute approximate surface area is 116 Å². The van der Waals surface area contributed by atoms with Crippen LogP contribution < -0.4 is 11.1 Å². The maximum atomic E-state index is 5.95. The Morgan fingerprint density at radius 1 is 1.16 bits per heavy atom. The fraction of sp³-hybridized carbons (Fsp3) is 0.929. The quantitative estimate of drug-likeness (QED) is 0.588. The molecule has 0 atom stereocenters. The van der Waals surface area contributed by atoms with Gasteiger partial charge in [-0.2, -0.15) is 0 Å². The van der Waals surface area contributed by atoms with Crippen LogP contribution in [0, 0.1) is 0 Å². The molecular weight excluding hydrogens is 240 g/mol. The highest BCUT2D eigenvalue weighted by Crippen LogP contribution is 2.16. The van der Waals surface area contributed by atoms with E-state index in [1.54, 1.807) is 0 Å². The summed E-state index contributed by atoms with van der Waals surface area (Å²) in [5.74, 6) is 0.623. The van der Waals surface area contributed by atoms with Crippen molar-refractivity contribution in [2.24, 2.45) is 10.7 Å². The van der Waals surface area contributed by atoms with Crippen molar-refractivity contribution in [2.45, 2.75) is 44.6 Å². The summed E-state index contributed by atoms with van der Waals surface area (Å²) in [7, 11) is 0. The molecule has 1 heterocycles. The highest BCUT2D eigenvalue weighted by molar-refractivity contribution is 5.78. The van der Waals surface area contributed by atoms with E-state index in [4.69, 9.17) is 10.5 Å². The van der Waals surface area contributed by atoms with Gasteiger partial charge >= 0.3 is 0 Å². The van der Waals surface area contributed by atoms with E-state index < -0.39 is 0 Å². The van der Waals surface area contributed by atoms with Gasteiger partial charge in [-0.05, 0) is 19.3 Å². The fourth-order valence-corrected chi connectivity index (χ4v) is 2.83. The average Bonchev–Trinajstić information content (AvgIpc) is 2.68. The summed E-state index contributed by atoms with van der Waals surface area (Å²) < 4.78 is 5.44. The molecule has 2 aliphatic rings. The molecule has 110 valence electrons. The van der Waals surface area contributed by atoms with Crippen molar-refractivity contribution in [1.82, 2.24) is 10.2 Å². The van der Waals surface area contributed by atoms with E-state index >= 15 is 0 Å². The molecule has 2 fully saturated rings. The number of hydrogen-bond donors (Lipinski definition) is 2. The van der Waals surface area contributed by atoms with Crippen LogP contribution >= 0.6 is 0 Å². The Balaban J connectivity index is 1.62. The molecule has 1 aliphatic heterocycles. The first kappa shape index (κ1) is 14.6. The van der Waals surface area contributed by atoms with Crippen molar-refractivity contribution in [3.05, 3.63) is 0 Å². The molecule has 19 heavy (non-hydrogen) atoms. The number of guanidine groups is 1. The number of nitrogens with zero attached hydrogens (tertiary/aromatic N) is 2. The molecule has 0 spiro atoms. The van der Waals surface area contributed by atoms with E-state index in [0.29, 0.717) is 12.0 Å². The van der Waals surface area contributed by atoms with Crippen molar-refractivity contribution in [3.8, 4) is 0 Å². The number of nitrogens with one attached hydrogen (secondary N) is 1. The molecule has 1 aliphatic carbocycles. The van der Waals surface area contributed by atoms with Crippen LogP contribution in [0.25, 0.3) is 0 Å². The summed E-state index contributed by atoms with van der Waals surface area (Å²) in [6.45, 7) is 5.64. The molecule has 0 radical (unpaired) electrons. The molecule has 5 heteroatoms. The lowest BCUT2D eigenvalue weighted by molar-refractivity contribution is 0.142. The summed E-state index contributed by atoms with van der Waals surface area (Å²) >= 11 is 0. The van der Waals surface area contributed by atoms with Gasteiger partial charge in [-0.1, -0.05) is 19.3 Å². The Kier molecular flexibility index (Phi) is 6.44. The molecule has 0 amide bonds. The lowest BCUT2D eigenvalue weighted by Gasteiger charge is -2.23. The third-order valence-electron chi connectivity index (χ3n) is 3.97. The minimum Gasteiger partial charge on any atom is -0.380 e. The molecule has 0 unspecified atom stereocenters. The van der Waals surface area contributed by atoms with Gasteiger partial charge in [-0.25, -0.2) is 0 Å². The standard InChI is InChI=1S/C14H28N4O/c15-14(17-13-5-2-1-3-6-13)16-7-9-18-8-4-11-19-12-10-18/h13H,1-12H2,(H3,15,16,17). The molecule has 1 saturated heterocycles. The molecule has 1 saturated carbocycles. The Bertz CT molecular complexity index is 269. The molecule has 0 aromatic carbocycles. The second kappa shape index (κ2) is 8.38. The first-order valence-corrected chi connectivity index (χ1v) is 7.71. The van der Waals surface area contributed by atoms with Gasteiger partial charge < -0.3 is 15.8 Å². The van der Waals surface area contributed by atoms with Gasteiger partial charge in [0, 0.05) is 32.3 Å². The highest BCUT2D eigenvalue weighted by atomic mass is 16.5. The first-order chi connectivity index (χ1) is 9.34. The van der Waals surface area contributed by atoms with Crippen LogP contribution in [0.15, 0.2) is 4.99 Å². The summed E-state index contributed by atoms with van der Waals surface area (Å²) in [6.07, 6.45) is 7.60. The van der Waals surface area contributed by atoms with Gasteiger partial charge in [-0.3, -0.25) is 9.89 Å². The molecule has 2 rings (SSSR count). The topological polar surface area (TPSA) is 62.9 Å². The van der Waals surface area contributed by atoms with Gasteiger partial charge in [-0.15, -0.1) is 0 Å². The average molecular weight is 268 g/mol. The third kappa shape index (κ3) is 5.78. The predicted octanol–water partition coefficient (Wildman–Crippen LogP) is 0.946. The number of nitrogens with two attached hydrogens (primary N) is 1. The van der Waals surface area contributed by atoms with Crippen molar-refractivity contribution >= 4 is 5.96 Å². The Morgan fingerprint density at radius 3 is 2.84 bits per heavy atom. The largest absolute Gasteiger partial charge is 0.380 e. The molecular formula is C14H28N4O. The second-order valence-electron chi connectivity index (χ2n) is 5.55. The lowest BCUT2D eigenvalue weighted by Crippen LogP contribution is -2.41. The van der Waals surface area contributed by atoms with E-state index in [1.807, 2.05) is 0 Å². The fourth-order valence-electron chi connectivity index (χ4n) is 2.83. The van der Waals surface area contributed by atoms with Crippen LogP contribution in [0.4, 0.5) is 0 Å². The zero-order valence-corrected chi connectivity index (χ0v) is 11.9. The van der Waals surface area contributed by atoms with E-state index in [0.717, 1.165) is 45.8 Å². The Morgan fingerprint density at radius 2 is 2.00 bits per heavy atom. The van der Waals surface area contributed by atoms with Crippen LogP contribution in [0.3, 0.4) is 0 Å². The maximum absolute atomic E-state index is 5.95. The van der Waals surface area contributed by atoms with Gasteiger partial charge in [0.25, 0.3) is 0 Å². The number of ether oxygens (including phenoxy) is 1. The zero-order chi connectivity index (χ0) is 13.3. The van der Waals surface area contributed by atoms with Gasteiger partial charge in [0.1, 0.15) is 0 Å². The van der Waals surface area contributed by atoms with Gasteiger partial charge in [0.2, 0.25) is 0 Å². The molecule has 5 nitrogen and oxygen atoms in total. The normalized spacial score (nSPS) is 24.1. The smallest absolute Gasteiger partial charge is 0.188 e. The Hall–Kier alpha value is -0.810. The summed E-state index contributed by atoms with van der Waals surface area (Å²) in [5.41, 5.74) is 5.95. The van der Waals surface area contributed by atoms with E-state index in [2.05, 4.69) is 15.2 Å². The van der Waals surface area contributed by atoms with Crippen molar-refractivity contribution in [1.29, 1.82) is 0 Å². The van der Waals surface area contributed by atoms with Crippen LogP contribution in [0.1, 0.15) is 38.5 Å². The van der Waals surface area contributed by atoms with Gasteiger partial charge in [0.15, 0.2) is 5.96 Å². The number of rotatable bonds is 4. The van der Waals surface area contributed by atoms with E-state index in [-0.39, 0.29) is 0 Å². The van der Waals surface area contributed by atoms with E-state index in [1.165, 1.54) is 32.1 Å². The van der Waals surface area contributed by atoms with Crippen molar-refractivity contribution in [3.63, 3.8) is 0 Å². The molecule has 0 bridgehead atoms. The number of hydrogen-bond acceptors (Lipinski definition) is 3.